The van der Waals surface area contributed by atoms with Gasteiger partial charge < -0.3 is 13.9 Å². The SMILES string of the molecule is Cc1ccc2c(C)c(C(=O)N3CCC(n4cnnc4)CC3)oc2c1. The van der Waals surface area contributed by atoms with Gasteiger partial charge >= 0.3 is 0 Å². The number of hydrogen-bond donors (Lipinski definition) is 0. The van der Waals surface area contributed by atoms with E-state index in [2.05, 4.69) is 10.2 Å². The predicted molar refractivity (Wildman–Crippen MR) is 89.9 cm³/mol. The van der Waals surface area contributed by atoms with Crippen molar-refractivity contribution < 1.29 is 9.21 Å². The average molecular weight is 324 g/mol. The maximum atomic E-state index is 12.9. The van der Waals surface area contributed by atoms with Crippen LogP contribution >= 0.6 is 0 Å². The standard InChI is InChI=1S/C18H20N4O2/c1-12-3-4-15-13(2)17(24-16(15)9-12)18(23)21-7-5-14(6-8-21)22-10-19-20-11-22/h3-4,9-11,14H,5-8H2,1-2H3. The number of fused-ring (bicyclic) bond motifs is 1. The molecule has 1 saturated heterocycles. The van der Waals surface area contributed by atoms with E-state index in [0.29, 0.717) is 11.8 Å². The van der Waals surface area contributed by atoms with Gasteiger partial charge in [0.1, 0.15) is 18.2 Å². The maximum Gasteiger partial charge on any atom is 0.289 e. The van der Waals surface area contributed by atoms with Crippen LogP contribution in [0.3, 0.4) is 0 Å². The molecule has 1 aliphatic heterocycles. The van der Waals surface area contributed by atoms with Crippen LogP contribution in [0, 0.1) is 13.8 Å². The van der Waals surface area contributed by atoms with Crippen LogP contribution in [-0.2, 0) is 0 Å². The molecule has 3 heterocycles. The van der Waals surface area contributed by atoms with Crippen molar-refractivity contribution in [3.05, 3.63) is 47.7 Å². The van der Waals surface area contributed by atoms with Crippen molar-refractivity contribution in [3.8, 4) is 0 Å². The van der Waals surface area contributed by atoms with Gasteiger partial charge in [-0.3, -0.25) is 4.79 Å². The molecule has 0 atom stereocenters. The van der Waals surface area contributed by atoms with Gasteiger partial charge in [-0.2, -0.15) is 0 Å². The monoisotopic (exact) mass is 324 g/mol. The number of carbonyl (C=O) groups is 1. The van der Waals surface area contributed by atoms with Crippen molar-refractivity contribution in [2.24, 2.45) is 0 Å². The van der Waals surface area contributed by atoms with E-state index in [1.165, 1.54) is 0 Å². The van der Waals surface area contributed by atoms with Gasteiger partial charge in [0.05, 0.1) is 0 Å². The van der Waals surface area contributed by atoms with Crippen LogP contribution in [0.2, 0.25) is 0 Å². The van der Waals surface area contributed by atoms with E-state index < -0.39 is 0 Å². The van der Waals surface area contributed by atoms with E-state index in [9.17, 15) is 4.79 Å². The Morgan fingerprint density at radius 2 is 1.88 bits per heavy atom. The summed E-state index contributed by atoms with van der Waals surface area (Å²) in [6, 6.07) is 6.42. The zero-order valence-electron chi connectivity index (χ0n) is 13.9. The second-order valence-electron chi connectivity index (χ2n) is 6.49. The lowest BCUT2D eigenvalue weighted by Crippen LogP contribution is -2.39. The van der Waals surface area contributed by atoms with Crippen molar-refractivity contribution in [2.45, 2.75) is 32.7 Å². The number of furan rings is 1. The number of aromatic nitrogens is 3. The Labute approximate surface area is 140 Å². The van der Waals surface area contributed by atoms with Crippen LogP contribution in [-0.4, -0.2) is 38.7 Å². The fourth-order valence-corrected chi connectivity index (χ4v) is 3.44. The van der Waals surface area contributed by atoms with Crippen LogP contribution in [0.4, 0.5) is 0 Å². The fraction of sp³-hybridized carbons (Fsp3) is 0.389. The maximum absolute atomic E-state index is 12.9. The molecular weight excluding hydrogens is 304 g/mol. The molecule has 124 valence electrons. The van der Waals surface area contributed by atoms with E-state index in [-0.39, 0.29) is 5.91 Å². The molecule has 6 heteroatoms. The summed E-state index contributed by atoms with van der Waals surface area (Å²) in [6.45, 7) is 5.42. The largest absolute Gasteiger partial charge is 0.451 e. The molecule has 0 radical (unpaired) electrons. The third-order valence-corrected chi connectivity index (χ3v) is 4.90. The lowest BCUT2D eigenvalue weighted by Gasteiger charge is -2.31. The predicted octanol–water partition coefficient (Wildman–Crippen LogP) is 3.12. The first-order valence-corrected chi connectivity index (χ1v) is 8.26. The van der Waals surface area contributed by atoms with Gasteiger partial charge in [-0.25, -0.2) is 0 Å². The Bertz CT molecular complexity index is 874. The van der Waals surface area contributed by atoms with Gasteiger partial charge in [-0.05, 0) is 38.3 Å². The summed E-state index contributed by atoms with van der Waals surface area (Å²) in [5.74, 6) is 0.460. The normalized spacial score (nSPS) is 16.0. The van der Waals surface area contributed by atoms with Gasteiger partial charge in [-0.1, -0.05) is 12.1 Å². The van der Waals surface area contributed by atoms with Gasteiger partial charge in [0.15, 0.2) is 5.76 Å². The summed E-state index contributed by atoms with van der Waals surface area (Å²) in [5, 5.41) is 8.74. The second-order valence-corrected chi connectivity index (χ2v) is 6.49. The first kappa shape index (κ1) is 14.9. The van der Waals surface area contributed by atoms with Crippen molar-refractivity contribution in [3.63, 3.8) is 0 Å². The molecule has 0 N–H and O–H groups in total. The smallest absolute Gasteiger partial charge is 0.289 e. The molecule has 1 fully saturated rings. The molecule has 0 saturated carbocycles. The molecule has 1 aliphatic rings. The lowest BCUT2D eigenvalue weighted by molar-refractivity contribution is 0.0664. The third kappa shape index (κ3) is 2.48. The van der Waals surface area contributed by atoms with Gasteiger partial charge in [0.25, 0.3) is 5.91 Å². The highest BCUT2D eigenvalue weighted by molar-refractivity contribution is 5.99. The summed E-state index contributed by atoms with van der Waals surface area (Å²) in [5.41, 5.74) is 2.84. The number of likely N-dealkylation sites (tertiary alicyclic amines) is 1. The molecule has 4 rings (SSSR count). The number of piperidine rings is 1. The van der Waals surface area contributed by atoms with Crippen LogP contribution in [0.1, 0.15) is 40.6 Å². The number of benzene rings is 1. The summed E-state index contributed by atoms with van der Waals surface area (Å²) in [4.78, 5) is 14.8. The van der Waals surface area contributed by atoms with Crippen molar-refractivity contribution in [2.75, 3.05) is 13.1 Å². The van der Waals surface area contributed by atoms with Crippen molar-refractivity contribution in [1.82, 2.24) is 19.7 Å². The first-order valence-electron chi connectivity index (χ1n) is 8.26. The van der Waals surface area contributed by atoms with E-state index in [1.54, 1.807) is 12.7 Å². The minimum atomic E-state index is -0.0106. The van der Waals surface area contributed by atoms with Crippen molar-refractivity contribution in [1.29, 1.82) is 0 Å². The molecular formula is C18H20N4O2. The molecule has 1 amide bonds. The quantitative estimate of drug-likeness (QED) is 0.726. The van der Waals surface area contributed by atoms with E-state index in [1.807, 2.05) is 41.5 Å². The lowest BCUT2D eigenvalue weighted by atomic mass is 10.0. The fourth-order valence-electron chi connectivity index (χ4n) is 3.44. The highest BCUT2D eigenvalue weighted by Gasteiger charge is 2.28. The Balaban J connectivity index is 1.53. The summed E-state index contributed by atoms with van der Waals surface area (Å²) >= 11 is 0. The van der Waals surface area contributed by atoms with Gasteiger partial charge in [0, 0.05) is 30.1 Å². The molecule has 0 bridgehead atoms. The second kappa shape index (κ2) is 5.78. The minimum absolute atomic E-state index is 0.0106. The molecule has 0 aliphatic carbocycles. The summed E-state index contributed by atoms with van der Waals surface area (Å²) in [7, 11) is 0. The van der Waals surface area contributed by atoms with Crippen LogP contribution < -0.4 is 0 Å². The number of hydrogen-bond acceptors (Lipinski definition) is 4. The topological polar surface area (TPSA) is 64.2 Å². The molecule has 24 heavy (non-hydrogen) atoms. The Morgan fingerprint density at radius 3 is 2.58 bits per heavy atom. The molecule has 2 aromatic heterocycles. The molecule has 3 aromatic rings. The number of carbonyl (C=O) groups excluding carboxylic acids is 1. The highest BCUT2D eigenvalue weighted by Crippen LogP contribution is 2.29. The van der Waals surface area contributed by atoms with Crippen LogP contribution in [0.25, 0.3) is 11.0 Å². The number of amides is 1. The molecule has 1 aromatic carbocycles. The average Bonchev–Trinajstić information content (AvgIpc) is 3.23. The molecule has 0 spiro atoms. The van der Waals surface area contributed by atoms with E-state index in [0.717, 1.165) is 48.0 Å². The van der Waals surface area contributed by atoms with E-state index >= 15 is 0 Å². The molecule has 6 nitrogen and oxygen atoms in total. The Hall–Kier alpha value is -2.63. The highest BCUT2D eigenvalue weighted by atomic mass is 16.3. The van der Waals surface area contributed by atoms with Gasteiger partial charge in [0.2, 0.25) is 0 Å². The summed E-state index contributed by atoms with van der Waals surface area (Å²) < 4.78 is 7.90. The van der Waals surface area contributed by atoms with E-state index in [4.69, 9.17) is 4.42 Å². The zero-order valence-corrected chi connectivity index (χ0v) is 13.9. The van der Waals surface area contributed by atoms with Crippen LogP contribution in [0.15, 0.2) is 35.3 Å². The summed E-state index contributed by atoms with van der Waals surface area (Å²) in [6.07, 6.45) is 5.30. The minimum Gasteiger partial charge on any atom is -0.451 e. The first-order chi connectivity index (χ1) is 11.6. The van der Waals surface area contributed by atoms with Gasteiger partial charge in [-0.15, -0.1) is 10.2 Å². The Morgan fingerprint density at radius 1 is 1.17 bits per heavy atom. The number of nitrogens with zero attached hydrogens (tertiary/aromatic N) is 4. The number of rotatable bonds is 2. The van der Waals surface area contributed by atoms with Crippen LogP contribution in [0.5, 0.6) is 0 Å². The Kier molecular flexibility index (Phi) is 3.59. The zero-order chi connectivity index (χ0) is 16.7. The molecule has 0 unspecified atom stereocenters. The number of aryl methyl sites for hydroxylation is 2. The van der Waals surface area contributed by atoms with Crippen molar-refractivity contribution >= 4 is 16.9 Å². The third-order valence-electron chi connectivity index (χ3n) is 4.90.